The first-order valence-electron chi connectivity index (χ1n) is 1.48. The quantitative estimate of drug-likeness (QED) is 0.483. The van der Waals surface area contributed by atoms with Gasteiger partial charge in [-0.25, -0.2) is 0 Å². The van der Waals surface area contributed by atoms with Crippen LogP contribution in [0.2, 0.25) is 0 Å². The second kappa shape index (κ2) is 1.78. The molecule has 1 fully saturated rings. The lowest BCUT2D eigenvalue weighted by Crippen LogP contribution is -1.23. The van der Waals surface area contributed by atoms with Crippen LogP contribution in [0.3, 0.4) is 0 Å². The van der Waals surface area contributed by atoms with Crippen molar-refractivity contribution < 1.29 is 0 Å². The molecule has 3 heteroatoms. The van der Waals surface area contributed by atoms with Gasteiger partial charge in [0.05, 0.1) is 0 Å². The highest BCUT2D eigenvalue weighted by atomic mass is 32.9. The van der Waals surface area contributed by atoms with Crippen LogP contribution in [0.25, 0.3) is 0 Å². The van der Waals surface area contributed by atoms with Crippen LogP contribution in [-0.4, -0.2) is 12.2 Å². The van der Waals surface area contributed by atoms with E-state index in [1.165, 1.54) is 8.27 Å². The van der Waals surface area contributed by atoms with Crippen molar-refractivity contribution in [2.45, 2.75) is 0 Å². The van der Waals surface area contributed by atoms with E-state index in [2.05, 4.69) is 17.6 Å². The molecule has 0 aromatic rings. The normalized spacial score (nSPS) is 39.0. The van der Waals surface area contributed by atoms with E-state index in [0.29, 0.717) is 6.81 Å². The van der Waals surface area contributed by atoms with E-state index in [0.717, 1.165) is 0 Å². The van der Waals surface area contributed by atoms with Crippen LogP contribution < -0.4 is 0 Å². The third-order valence-corrected chi connectivity index (χ3v) is 8.54. The van der Waals surface area contributed by atoms with Crippen LogP contribution in [-0.2, 0) is 0 Å². The van der Waals surface area contributed by atoms with Crippen molar-refractivity contribution in [3.05, 3.63) is 0 Å². The second-order valence-corrected chi connectivity index (χ2v) is 9.54. The Morgan fingerprint density at radius 3 is 2.60 bits per heavy atom. The Balaban J connectivity index is 2.00. The van der Waals surface area contributed by atoms with Gasteiger partial charge in [0, 0.05) is 5.90 Å². The molecule has 0 saturated carbocycles. The van der Waals surface area contributed by atoms with E-state index in [-0.39, 0.29) is 0 Å². The van der Waals surface area contributed by atoms with Crippen molar-refractivity contribution in [3.8, 4) is 0 Å². The molecule has 1 saturated heterocycles. The molecule has 0 spiro atoms. The second-order valence-electron chi connectivity index (χ2n) is 0.877. The van der Waals surface area contributed by atoms with Gasteiger partial charge in [-0.15, -0.1) is 11.4 Å². The molecule has 0 radical (unpaired) electrons. The van der Waals surface area contributed by atoms with Crippen molar-refractivity contribution in [2.24, 2.45) is 0 Å². The van der Waals surface area contributed by atoms with E-state index in [9.17, 15) is 0 Å². The first-order valence-corrected chi connectivity index (χ1v) is 6.89. The van der Waals surface area contributed by atoms with E-state index in [1.54, 1.807) is 5.90 Å². The molecular formula is C2H6P2S. The average Bonchev–Trinajstić information content (AvgIpc) is 2.12. The van der Waals surface area contributed by atoms with Gasteiger partial charge in [-0.05, 0) is 13.1 Å². The predicted octanol–water partition coefficient (Wildman–Crippen LogP) is 2.31. The summed E-state index contributed by atoms with van der Waals surface area (Å²) in [4.78, 5) is 0. The number of rotatable bonds is 1. The highest BCUT2D eigenvalue weighted by Gasteiger charge is 2.17. The molecule has 0 N–H and O–H groups in total. The summed E-state index contributed by atoms with van der Waals surface area (Å²) < 4.78 is 0. The van der Waals surface area contributed by atoms with E-state index in [4.69, 9.17) is 0 Å². The van der Waals surface area contributed by atoms with Crippen LogP contribution in [0.4, 0.5) is 0 Å². The Hall–Kier alpha value is 1.21. The van der Waals surface area contributed by atoms with Crippen molar-refractivity contribution in [3.63, 3.8) is 0 Å². The molecule has 0 aromatic heterocycles. The topological polar surface area (TPSA) is 0 Å². The van der Waals surface area contributed by atoms with Crippen LogP contribution in [0, 0.1) is 0 Å². The minimum absolute atomic E-state index is 0.596. The lowest BCUT2D eigenvalue weighted by atomic mass is 11.9. The highest BCUT2D eigenvalue weighted by molar-refractivity contribution is 8.82. The molecule has 0 aromatic carbocycles. The van der Waals surface area contributed by atoms with Gasteiger partial charge in [0.25, 0.3) is 0 Å². The molecule has 30 valence electrons. The van der Waals surface area contributed by atoms with Gasteiger partial charge in [-0.3, -0.25) is 0 Å². The molecule has 1 aliphatic rings. The summed E-state index contributed by atoms with van der Waals surface area (Å²) in [6.45, 7) is 0.596. The van der Waals surface area contributed by atoms with E-state index >= 15 is 0 Å². The Morgan fingerprint density at radius 2 is 2.60 bits per heavy atom. The standard InChI is InChI=1S/C2H6P2S/c1-5-4-2-3-4/h3H,2H2,1H3. The molecule has 1 aliphatic heterocycles. The van der Waals surface area contributed by atoms with Crippen molar-refractivity contribution in [1.82, 2.24) is 0 Å². The van der Waals surface area contributed by atoms with Gasteiger partial charge >= 0.3 is 0 Å². The van der Waals surface area contributed by atoms with Gasteiger partial charge in [-0.2, -0.15) is 0 Å². The van der Waals surface area contributed by atoms with Gasteiger partial charge in [0.1, 0.15) is 0 Å². The Bertz CT molecular complexity index is 34.6. The maximum absolute atomic E-state index is 2.21. The summed E-state index contributed by atoms with van der Waals surface area (Å²) in [5.74, 6) is 1.57. The molecule has 0 nitrogen and oxygen atoms in total. The van der Waals surface area contributed by atoms with Crippen LogP contribution in [0.15, 0.2) is 0 Å². The highest BCUT2D eigenvalue weighted by Crippen LogP contribution is 2.82. The maximum Gasteiger partial charge on any atom is 0.00273 e. The SMILES string of the molecule is CSP1CP1. The van der Waals surface area contributed by atoms with E-state index < -0.39 is 0 Å². The smallest absolute Gasteiger partial charge is 0.00273 e. The van der Waals surface area contributed by atoms with Crippen molar-refractivity contribution in [2.75, 3.05) is 12.2 Å². The summed E-state index contributed by atoms with van der Waals surface area (Å²) in [6, 6.07) is 0. The van der Waals surface area contributed by atoms with E-state index in [1.807, 2.05) is 0 Å². The molecule has 2 unspecified atom stereocenters. The predicted molar refractivity (Wildman–Crippen MR) is 33.6 cm³/mol. The summed E-state index contributed by atoms with van der Waals surface area (Å²) in [5.41, 5.74) is 0. The zero-order valence-electron chi connectivity index (χ0n) is 3.06. The lowest BCUT2D eigenvalue weighted by Gasteiger charge is -1.74. The minimum atomic E-state index is 0.596. The monoisotopic (exact) mass is 124 g/mol. The first kappa shape index (κ1) is 4.37. The third-order valence-electron chi connectivity index (χ3n) is 0.508. The zero-order valence-corrected chi connectivity index (χ0v) is 5.77. The lowest BCUT2D eigenvalue weighted by molar-refractivity contribution is 2.38. The molecule has 0 aliphatic carbocycles. The molecular weight excluding hydrogens is 118 g/mol. The van der Waals surface area contributed by atoms with Gasteiger partial charge < -0.3 is 0 Å². The Kier molecular flexibility index (Phi) is 1.55. The molecule has 0 amide bonds. The Morgan fingerprint density at radius 1 is 2.00 bits per heavy atom. The largest absolute Gasteiger partial charge is 0.133 e. The van der Waals surface area contributed by atoms with Gasteiger partial charge in [0.2, 0.25) is 0 Å². The fourth-order valence-electron chi connectivity index (χ4n) is 0.158. The fraction of sp³-hybridized carbons (Fsp3) is 1.00. The molecule has 1 heterocycles. The van der Waals surface area contributed by atoms with Crippen LogP contribution in [0.5, 0.6) is 0 Å². The van der Waals surface area contributed by atoms with Crippen LogP contribution in [0.1, 0.15) is 0 Å². The zero-order chi connectivity index (χ0) is 3.70. The maximum atomic E-state index is 2.21. The molecule has 5 heavy (non-hydrogen) atoms. The fourth-order valence-corrected chi connectivity index (χ4v) is 5.82. The molecule has 1 rings (SSSR count). The van der Waals surface area contributed by atoms with Crippen molar-refractivity contribution in [1.29, 1.82) is 0 Å². The number of hydrogen-bond acceptors (Lipinski definition) is 1. The Labute approximate surface area is 39.3 Å². The van der Waals surface area contributed by atoms with Crippen molar-refractivity contribution >= 4 is 26.5 Å². The summed E-state index contributed by atoms with van der Waals surface area (Å²) >= 11 is 2.07. The van der Waals surface area contributed by atoms with Gasteiger partial charge in [-0.1, -0.05) is 8.27 Å². The summed E-state index contributed by atoms with van der Waals surface area (Å²) in [7, 11) is 1.35. The number of hydrogen-bond donors (Lipinski definition) is 0. The van der Waals surface area contributed by atoms with Crippen LogP contribution >= 0.6 is 26.5 Å². The summed E-state index contributed by atoms with van der Waals surface area (Å²) in [5, 5.41) is 0. The first-order chi connectivity index (χ1) is 2.43. The molecule has 0 bridgehead atoms. The average molecular weight is 124 g/mol. The third kappa shape index (κ3) is 1.39. The summed E-state index contributed by atoms with van der Waals surface area (Å²) in [6.07, 6.45) is 2.21. The van der Waals surface area contributed by atoms with Gasteiger partial charge in [0.15, 0.2) is 0 Å². The molecule has 2 atom stereocenters. The minimum Gasteiger partial charge on any atom is -0.133 e.